The standard InChI is InChI=1S/C16H23N3O2/c1-11(17)14(20)19-16(2)10-6-9-13(18-15(16)21)12-7-4-3-5-8-12/h3-5,7-8,11,13H,6,9-10,17H2,1-2H3,(H,18,21)(H,19,20)/t11-,13+,16-/m0/s1. The van der Waals surface area contributed by atoms with Gasteiger partial charge in [0.25, 0.3) is 0 Å². The molecule has 1 heterocycles. The van der Waals surface area contributed by atoms with Crippen LogP contribution in [0.4, 0.5) is 0 Å². The van der Waals surface area contributed by atoms with Crippen LogP contribution >= 0.6 is 0 Å². The molecule has 0 radical (unpaired) electrons. The number of nitrogens with two attached hydrogens (primary N) is 1. The molecule has 5 nitrogen and oxygen atoms in total. The Morgan fingerprint density at radius 2 is 2.10 bits per heavy atom. The number of rotatable bonds is 3. The number of carbonyl (C=O) groups excluding carboxylic acids is 2. The van der Waals surface area contributed by atoms with E-state index in [2.05, 4.69) is 10.6 Å². The smallest absolute Gasteiger partial charge is 0.245 e. The summed E-state index contributed by atoms with van der Waals surface area (Å²) in [5, 5.41) is 5.82. The van der Waals surface area contributed by atoms with E-state index in [1.54, 1.807) is 13.8 Å². The number of benzene rings is 1. The Kier molecular flexibility index (Phi) is 4.63. The molecule has 1 fully saturated rings. The molecule has 3 atom stereocenters. The average Bonchev–Trinajstić information content (AvgIpc) is 2.60. The Balaban J connectivity index is 2.12. The minimum absolute atomic E-state index is 0.00673. The van der Waals surface area contributed by atoms with Gasteiger partial charge in [0.1, 0.15) is 5.54 Å². The molecule has 21 heavy (non-hydrogen) atoms. The number of amides is 2. The second kappa shape index (κ2) is 6.26. The molecule has 1 aliphatic rings. The van der Waals surface area contributed by atoms with E-state index >= 15 is 0 Å². The number of carbonyl (C=O) groups is 2. The van der Waals surface area contributed by atoms with Crippen LogP contribution in [0.5, 0.6) is 0 Å². The van der Waals surface area contributed by atoms with Crippen molar-refractivity contribution in [3.05, 3.63) is 35.9 Å². The molecule has 0 bridgehead atoms. The van der Waals surface area contributed by atoms with Gasteiger partial charge in [-0.25, -0.2) is 0 Å². The van der Waals surface area contributed by atoms with E-state index in [0.717, 1.165) is 18.4 Å². The van der Waals surface area contributed by atoms with Gasteiger partial charge in [-0.15, -0.1) is 0 Å². The molecule has 2 amide bonds. The van der Waals surface area contributed by atoms with Crippen molar-refractivity contribution in [1.29, 1.82) is 0 Å². The van der Waals surface area contributed by atoms with Crippen molar-refractivity contribution in [3.8, 4) is 0 Å². The van der Waals surface area contributed by atoms with Crippen molar-refractivity contribution in [2.75, 3.05) is 0 Å². The number of hydrogen-bond acceptors (Lipinski definition) is 3. The summed E-state index contributed by atoms with van der Waals surface area (Å²) in [6.07, 6.45) is 2.33. The summed E-state index contributed by atoms with van der Waals surface area (Å²) in [4.78, 5) is 24.3. The van der Waals surface area contributed by atoms with E-state index in [9.17, 15) is 9.59 Å². The zero-order valence-electron chi connectivity index (χ0n) is 12.6. The minimum Gasteiger partial charge on any atom is -0.347 e. The van der Waals surface area contributed by atoms with E-state index < -0.39 is 11.6 Å². The van der Waals surface area contributed by atoms with Gasteiger partial charge in [-0.1, -0.05) is 30.3 Å². The van der Waals surface area contributed by atoms with E-state index in [1.165, 1.54) is 0 Å². The molecule has 1 aliphatic heterocycles. The SMILES string of the molecule is C[C@H](N)C(=O)N[C@@]1(C)CCC[C@H](c2ccccc2)NC1=O. The third-order valence-corrected chi connectivity index (χ3v) is 3.99. The summed E-state index contributed by atoms with van der Waals surface area (Å²) in [5.41, 5.74) is 5.77. The van der Waals surface area contributed by atoms with Crippen LogP contribution in [0.3, 0.4) is 0 Å². The van der Waals surface area contributed by atoms with E-state index in [-0.39, 0.29) is 17.9 Å². The van der Waals surface area contributed by atoms with E-state index in [0.29, 0.717) is 6.42 Å². The van der Waals surface area contributed by atoms with Gasteiger partial charge in [-0.2, -0.15) is 0 Å². The molecule has 0 saturated carbocycles. The Hall–Kier alpha value is -1.88. The molecule has 0 spiro atoms. The molecular formula is C16H23N3O2. The fraction of sp³-hybridized carbons (Fsp3) is 0.500. The fourth-order valence-electron chi connectivity index (χ4n) is 2.60. The minimum atomic E-state index is -0.895. The molecule has 1 saturated heterocycles. The van der Waals surface area contributed by atoms with Gasteiger partial charge >= 0.3 is 0 Å². The predicted molar refractivity (Wildman–Crippen MR) is 81.4 cm³/mol. The largest absolute Gasteiger partial charge is 0.347 e. The van der Waals surface area contributed by atoms with Crippen molar-refractivity contribution in [2.45, 2.75) is 50.7 Å². The van der Waals surface area contributed by atoms with Gasteiger partial charge in [0.05, 0.1) is 12.1 Å². The third kappa shape index (κ3) is 3.61. The lowest BCUT2D eigenvalue weighted by Gasteiger charge is -2.29. The number of hydrogen-bond donors (Lipinski definition) is 3. The second-order valence-corrected chi connectivity index (χ2v) is 5.94. The van der Waals surface area contributed by atoms with Crippen LogP contribution in [-0.2, 0) is 9.59 Å². The molecule has 1 aromatic carbocycles. The first-order valence-corrected chi connectivity index (χ1v) is 7.36. The summed E-state index contributed by atoms with van der Waals surface area (Å²) in [6, 6.07) is 9.26. The summed E-state index contributed by atoms with van der Waals surface area (Å²) in [6.45, 7) is 3.37. The lowest BCUT2D eigenvalue weighted by molar-refractivity contribution is -0.133. The van der Waals surface area contributed by atoms with Gasteiger partial charge in [-0.05, 0) is 38.7 Å². The first-order chi connectivity index (χ1) is 9.92. The Bertz CT molecular complexity index is 516. The van der Waals surface area contributed by atoms with E-state index in [1.807, 2.05) is 30.3 Å². The molecule has 1 aromatic rings. The maximum atomic E-state index is 12.5. The molecule has 0 aromatic heterocycles. The number of nitrogens with one attached hydrogen (secondary N) is 2. The zero-order chi connectivity index (χ0) is 15.5. The van der Waals surface area contributed by atoms with Crippen LogP contribution in [0, 0.1) is 0 Å². The molecule has 0 unspecified atom stereocenters. The van der Waals surface area contributed by atoms with Crippen molar-refractivity contribution < 1.29 is 9.59 Å². The topological polar surface area (TPSA) is 84.2 Å². The summed E-state index contributed by atoms with van der Waals surface area (Å²) >= 11 is 0. The highest BCUT2D eigenvalue weighted by Gasteiger charge is 2.38. The maximum Gasteiger partial charge on any atom is 0.245 e. The van der Waals surface area contributed by atoms with Crippen LogP contribution in [0.1, 0.15) is 44.7 Å². The highest BCUT2D eigenvalue weighted by molar-refractivity contribution is 5.92. The van der Waals surface area contributed by atoms with Gasteiger partial charge < -0.3 is 16.4 Å². The Morgan fingerprint density at radius 1 is 1.43 bits per heavy atom. The monoisotopic (exact) mass is 289 g/mol. The average molecular weight is 289 g/mol. The second-order valence-electron chi connectivity index (χ2n) is 5.94. The fourth-order valence-corrected chi connectivity index (χ4v) is 2.60. The van der Waals surface area contributed by atoms with Gasteiger partial charge in [0, 0.05) is 0 Å². The lowest BCUT2D eigenvalue weighted by Crippen LogP contribution is -2.58. The zero-order valence-corrected chi connectivity index (χ0v) is 12.6. The maximum absolute atomic E-state index is 12.5. The van der Waals surface area contributed by atoms with Crippen LogP contribution in [0.2, 0.25) is 0 Å². The van der Waals surface area contributed by atoms with Crippen LogP contribution in [-0.4, -0.2) is 23.4 Å². The first kappa shape index (κ1) is 15.5. The molecule has 0 aliphatic carbocycles. The van der Waals surface area contributed by atoms with Crippen molar-refractivity contribution in [1.82, 2.24) is 10.6 Å². The summed E-state index contributed by atoms with van der Waals surface area (Å²) in [7, 11) is 0. The molecule has 4 N–H and O–H groups in total. The van der Waals surface area contributed by atoms with Crippen LogP contribution in [0.25, 0.3) is 0 Å². The van der Waals surface area contributed by atoms with Crippen molar-refractivity contribution >= 4 is 11.8 Å². The Morgan fingerprint density at radius 3 is 2.71 bits per heavy atom. The summed E-state index contributed by atoms with van der Waals surface area (Å²) < 4.78 is 0. The highest BCUT2D eigenvalue weighted by Crippen LogP contribution is 2.27. The summed E-state index contributed by atoms with van der Waals surface area (Å²) in [5.74, 6) is -0.450. The van der Waals surface area contributed by atoms with Crippen LogP contribution in [0.15, 0.2) is 30.3 Å². The predicted octanol–water partition coefficient (Wildman–Crippen LogP) is 1.25. The Labute approximate surface area is 125 Å². The van der Waals surface area contributed by atoms with Gasteiger partial charge in [0.15, 0.2) is 0 Å². The molecular weight excluding hydrogens is 266 g/mol. The van der Waals surface area contributed by atoms with Gasteiger partial charge in [-0.3, -0.25) is 9.59 Å². The van der Waals surface area contributed by atoms with Crippen molar-refractivity contribution in [3.63, 3.8) is 0 Å². The molecule has 2 rings (SSSR count). The van der Waals surface area contributed by atoms with E-state index in [4.69, 9.17) is 5.73 Å². The van der Waals surface area contributed by atoms with Crippen molar-refractivity contribution in [2.24, 2.45) is 5.73 Å². The third-order valence-electron chi connectivity index (χ3n) is 3.99. The van der Waals surface area contributed by atoms with Crippen LogP contribution < -0.4 is 16.4 Å². The normalized spacial score (nSPS) is 27.4. The first-order valence-electron chi connectivity index (χ1n) is 7.36. The lowest BCUT2D eigenvalue weighted by atomic mass is 9.94. The quantitative estimate of drug-likeness (QED) is 0.783. The molecule has 5 heteroatoms. The van der Waals surface area contributed by atoms with Gasteiger partial charge in [0.2, 0.25) is 11.8 Å². The molecule has 114 valence electrons. The highest BCUT2D eigenvalue weighted by atomic mass is 16.2.